The van der Waals surface area contributed by atoms with Crippen LogP contribution in [0.5, 0.6) is 0 Å². The van der Waals surface area contributed by atoms with Crippen LogP contribution in [0.3, 0.4) is 0 Å². The summed E-state index contributed by atoms with van der Waals surface area (Å²) in [5.74, 6) is 2.21. The van der Waals surface area contributed by atoms with Gasteiger partial charge in [-0.25, -0.2) is 4.98 Å². The summed E-state index contributed by atoms with van der Waals surface area (Å²) in [5, 5.41) is 16.5. The first-order valence-electron chi connectivity index (χ1n) is 14.3. The average molecular weight is 564 g/mol. The molecule has 2 aromatic carbocycles. The van der Waals surface area contributed by atoms with Gasteiger partial charge in [0.05, 0.1) is 18.0 Å². The predicted octanol–water partition coefficient (Wildman–Crippen LogP) is 5.27. The number of anilines is 4. The fraction of sp³-hybridized carbons (Fsp3) is 0.303. The maximum absolute atomic E-state index is 13.2. The van der Waals surface area contributed by atoms with Gasteiger partial charge < -0.3 is 20.6 Å². The number of carbonyl (C=O) groups is 1. The number of hydrogen-bond acceptors (Lipinski definition) is 8. The molecule has 1 fully saturated rings. The third kappa shape index (κ3) is 5.66. The molecule has 9 heteroatoms. The first kappa shape index (κ1) is 27.7. The number of benzene rings is 2. The van der Waals surface area contributed by atoms with E-state index in [0.717, 1.165) is 47.3 Å². The average Bonchev–Trinajstić information content (AvgIpc) is 3.63. The van der Waals surface area contributed by atoms with Crippen molar-refractivity contribution in [2.24, 2.45) is 4.99 Å². The SMILES string of the molecule is Cc1c(NC(=O)c2ccc(C(C)(C)C)cc2)cccc1N1C=C(Nc2cccc(N3CCC(O)C3)n2)C2=NC=C[N+]2C1. The Morgan fingerprint density at radius 3 is 2.60 bits per heavy atom. The third-order valence-corrected chi connectivity index (χ3v) is 7.91. The summed E-state index contributed by atoms with van der Waals surface area (Å²) < 4.78 is 0. The van der Waals surface area contributed by atoms with Crippen LogP contribution in [0.25, 0.3) is 0 Å². The lowest BCUT2D eigenvalue weighted by Gasteiger charge is -2.28. The second-order valence-corrected chi connectivity index (χ2v) is 12.0. The molecule has 1 unspecified atom stereocenters. The van der Waals surface area contributed by atoms with Crippen LogP contribution in [-0.4, -0.2) is 47.7 Å². The minimum atomic E-state index is -0.316. The van der Waals surface area contributed by atoms with Crippen molar-refractivity contribution in [3.05, 3.63) is 102 Å². The normalized spacial score (nSPS) is 18.5. The number of nitrogens with zero attached hydrogens (tertiary/aromatic N) is 5. The summed E-state index contributed by atoms with van der Waals surface area (Å²) >= 11 is 0. The van der Waals surface area contributed by atoms with Gasteiger partial charge in [-0.15, -0.1) is 0 Å². The van der Waals surface area contributed by atoms with Crippen LogP contribution in [0.1, 0.15) is 48.7 Å². The van der Waals surface area contributed by atoms with Crippen LogP contribution in [0.2, 0.25) is 0 Å². The number of aliphatic imine (C=N–C) groups is 1. The monoisotopic (exact) mass is 563 g/mol. The topological polar surface area (TPSA) is 99.0 Å². The first-order chi connectivity index (χ1) is 20.2. The molecule has 1 aromatic heterocycles. The molecule has 6 rings (SSSR count). The number of aromatic nitrogens is 1. The van der Waals surface area contributed by atoms with Crippen molar-refractivity contribution >= 4 is 34.8 Å². The zero-order valence-corrected chi connectivity index (χ0v) is 24.5. The molecule has 0 saturated carbocycles. The summed E-state index contributed by atoms with van der Waals surface area (Å²) in [6.45, 7) is 10.5. The van der Waals surface area contributed by atoms with E-state index in [2.05, 4.69) is 57.2 Å². The Bertz CT molecular complexity index is 1590. The van der Waals surface area contributed by atoms with Gasteiger partial charge in [0.15, 0.2) is 6.20 Å². The van der Waals surface area contributed by atoms with Crippen molar-refractivity contribution in [1.29, 1.82) is 0 Å². The highest BCUT2D eigenvalue weighted by Gasteiger charge is 2.37. The van der Waals surface area contributed by atoms with Crippen LogP contribution in [0.15, 0.2) is 90.0 Å². The Balaban J connectivity index is 1.24. The second kappa shape index (κ2) is 11.1. The van der Waals surface area contributed by atoms with Crippen molar-refractivity contribution in [3.63, 3.8) is 0 Å². The van der Waals surface area contributed by atoms with Gasteiger partial charge in [-0.3, -0.25) is 9.69 Å². The summed E-state index contributed by atoms with van der Waals surface area (Å²) in [6, 6.07) is 19.6. The Kier molecular flexibility index (Phi) is 7.30. The van der Waals surface area contributed by atoms with Crippen molar-refractivity contribution in [2.45, 2.75) is 45.6 Å². The fourth-order valence-corrected chi connectivity index (χ4v) is 5.46. The minimum absolute atomic E-state index is 0.0288. The first-order valence-corrected chi connectivity index (χ1v) is 14.3. The van der Waals surface area contributed by atoms with E-state index in [0.29, 0.717) is 24.6 Å². The summed E-state index contributed by atoms with van der Waals surface area (Å²) in [6.07, 6.45) is 6.21. The quantitative estimate of drug-likeness (QED) is 0.354. The van der Waals surface area contributed by atoms with Gasteiger partial charge in [0.2, 0.25) is 6.67 Å². The zero-order valence-electron chi connectivity index (χ0n) is 24.5. The molecule has 9 nitrogen and oxygen atoms in total. The lowest BCUT2D eigenvalue weighted by molar-refractivity contribution is 0.102. The number of pyridine rings is 1. The van der Waals surface area contributed by atoms with Gasteiger partial charge in [-0.2, -0.15) is 4.99 Å². The van der Waals surface area contributed by atoms with Gasteiger partial charge >= 0.3 is 5.84 Å². The van der Waals surface area contributed by atoms with Crippen molar-refractivity contribution < 1.29 is 9.90 Å². The molecule has 3 aliphatic heterocycles. The van der Waals surface area contributed by atoms with E-state index in [1.807, 2.05) is 73.9 Å². The molecule has 3 aromatic rings. The number of aliphatic hydroxyl groups is 1. The molecule has 42 heavy (non-hydrogen) atoms. The number of nitrogens with one attached hydrogen (secondary N) is 2. The molecule has 1 radical (unpaired) electrons. The van der Waals surface area contributed by atoms with E-state index in [9.17, 15) is 9.90 Å². The number of rotatable bonds is 6. The van der Waals surface area contributed by atoms with E-state index in [1.165, 1.54) is 5.56 Å². The highest BCUT2D eigenvalue weighted by atomic mass is 16.3. The van der Waals surface area contributed by atoms with Gasteiger partial charge in [-0.05, 0) is 66.3 Å². The lowest BCUT2D eigenvalue weighted by Crippen LogP contribution is -2.46. The van der Waals surface area contributed by atoms with Crippen LogP contribution in [0, 0.1) is 6.92 Å². The molecular formula is C33H37N7O2+. The van der Waals surface area contributed by atoms with Gasteiger partial charge in [0.1, 0.15) is 17.3 Å². The maximum atomic E-state index is 13.2. The standard InChI is InChI=1S/C33H37N7O2/c1-22-26(36-32(42)23-11-13-24(14-12-23)33(2,3)4)7-5-8-28(22)40-20-27(31-34-16-18-39(31)21-40)35-29-9-6-10-30(37-29)38-17-15-25(41)19-38/h5-14,16,18,20,25,41H,15,17,19,21H2,1-4H3,(H,35,37)(H,36,42)/q+1. The van der Waals surface area contributed by atoms with Crippen molar-refractivity contribution in [1.82, 2.24) is 9.88 Å². The molecule has 215 valence electrons. The lowest BCUT2D eigenvalue weighted by atomic mass is 9.86. The number of amides is 1. The molecule has 0 spiro atoms. The van der Waals surface area contributed by atoms with Crippen molar-refractivity contribution in [3.8, 4) is 0 Å². The Morgan fingerprint density at radius 1 is 1.07 bits per heavy atom. The van der Waals surface area contributed by atoms with Gasteiger partial charge in [0, 0.05) is 30.5 Å². The Labute approximate surface area is 246 Å². The van der Waals surface area contributed by atoms with Crippen LogP contribution >= 0.6 is 0 Å². The number of hydrogen-bond donors (Lipinski definition) is 3. The number of carbonyl (C=O) groups excluding carboxylic acids is 1. The Hall–Kier alpha value is -4.47. The smallest absolute Gasteiger partial charge is 0.308 e. The number of fused-ring (bicyclic) bond motifs is 1. The molecule has 1 amide bonds. The van der Waals surface area contributed by atoms with Crippen LogP contribution in [-0.2, 0) is 5.41 Å². The van der Waals surface area contributed by atoms with E-state index in [1.54, 1.807) is 6.20 Å². The zero-order chi connectivity index (χ0) is 29.4. The molecule has 0 aliphatic carbocycles. The van der Waals surface area contributed by atoms with E-state index >= 15 is 0 Å². The van der Waals surface area contributed by atoms with Crippen LogP contribution in [0.4, 0.5) is 23.0 Å². The fourth-order valence-electron chi connectivity index (χ4n) is 5.46. The number of aliphatic hydroxyl groups excluding tert-OH is 1. The summed E-state index contributed by atoms with van der Waals surface area (Å²) in [4.78, 5) is 28.9. The Morgan fingerprint density at radius 2 is 1.86 bits per heavy atom. The van der Waals surface area contributed by atoms with Gasteiger partial charge in [0.25, 0.3) is 5.91 Å². The van der Waals surface area contributed by atoms with E-state index in [-0.39, 0.29) is 17.4 Å². The van der Waals surface area contributed by atoms with Crippen LogP contribution < -0.4 is 25.3 Å². The highest BCUT2D eigenvalue weighted by Crippen LogP contribution is 2.31. The molecule has 3 N–H and O–H groups in total. The second-order valence-electron chi connectivity index (χ2n) is 12.0. The number of amidine groups is 1. The minimum Gasteiger partial charge on any atom is -0.391 e. The summed E-state index contributed by atoms with van der Waals surface area (Å²) in [7, 11) is 0. The highest BCUT2D eigenvalue weighted by molar-refractivity contribution is 6.07. The van der Waals surface area contributed by atoms with Crippen molar-refractivity contribution in [2.75, 3.05) is 40.2 Å². The maximum Gasteiger partial charge on any atom is 0.308 e. The third-order valence-electron chi connectivity index (χ3n) is 7.91. The van der Waals surface area contributed by atoms with E-state index < -0.39 is 0 Å². The molecular weight excluding hydrogens is 526 g/mol. The summed E-state index contributed by atoms with van der Waals surface area (Å²) in [5.41, 5.74) is 5.35. The van der Waals surface area contributed by atoms with E-state index in [4.69, 9.17) is 4.98 Å². The molecule has 1 saturated heterocycles. The molecule has 4 heterocycles. The molecule has 1 atom stereocenters. The predicted molar refractivity (Wildman–Crippen MR) is 169 cm³/mol. The van der Waals surface area contributed by atoms with Gasteiger partial charge in [-0.1, -0.05) is 49.9 Å². The number of β-amino-alcohol motifs (C(OH)–C–C–N with tert-alkyl or cyclic N) is 1. The molecule has 0 bridgehead atoms. The largest absolute Gasteiger partial charge is 0.391 e. The molecule has 3 aliphatic rings.